The van der Waals surface area contributed by atoms with Gasteiger partial charge in [-0.2, -0.15) is 5.26 Å². The summed E-state index contributed by atoms with van der Waals surface area (Å²) in [7, 11) is 0. The van der Waals surface area contributed by atoms with Crippen LogP contribution in [0.1, 0.15) is 6.92 Å². The molecule has 0 aromatic rings. The van der Waals surface area contributed by atoms with Crippen LogP contribution < -0.4 is 11.1 Å². The number of nitrogens with zero attached hydrogens (tertiary/aromatic N) is 3. The third kappa shape index (κ3) is 5.49. The summed E-state index contributed by atoms with van der Waals surface area (Å²) in [6.07, 6.45) is 3.63. The van der Waals surface area contributed by atoms with E-state index in [9.17, 15) is 4.39 Å². The SMILES string of the molecule is C=N/C=C(F)\C=C(/C)N=C(N)NC#N. The highest BCUT2D eigenvalue weighted by Gasteiger charge is 1.92. The molecule has 0 rings (SSSR count). The monoisotopic (exact) mass is 195 g/mol. The Balaban J connectivity index is 4.56. The second-order valence-corrected chi connectivity index (χ2v) is 2.22. The second kappa shape index (κ2) is 6.37. The van der Waals surface area contributed by atoms with E-state index in [0.29, 0.717) is 5.70 Å². The molecule has 0 amide bonds. The lowest BCUT2D eigenvalue weighted by Gasteiger charge is -1.95. The maximum Gasteiger partial charge on any atom is 0.206 e. The van der Waals surface area contributed by atoms with E-state index in [1.54, 1.807) is 6.19 Å². The molecule has 3 N–H and O–H groups in total. The number of hydrogen-bond donors (Lipinski definition) is 2. The van der Waals surface area contributed by atoms with Gasteiger partial charge in [0.15, 0.2) is 6.19 Å². The zero-order chi connectivity index (χ0) is 11.0. The van der Waals surface area contributed by atoms with Gasteiger partial charge in [0.2, 0.25) is 5.96 Å². The first-order valence-corrected chi connectivity index (χ1v) is 3.59. The Bertz CT molecular complexity index is 334. The molecule has 0 heterocycles. The largest absolute Gasteiger partial charge is 0.369 e. The number of guanidine groups is 1. The molecule has 0 fully saturated rings. The number of nitriles is 1. The molecule has 6 heteroatoms. The minimum atomic E-state index is -0.592. The van der Waals surface area contributed by atoms with Crippen LogP contribution in [0.4, 0.5) is 4.39 Å². The van der Waals surface area contributed by atoms with E-state index in [2.05, 4.69) is 22.0 Å². The average Bonchev–Trinajstić information content (AvgIpc) is 2.03. The van der Waals surface area contributed by atoms with Gasteiger partial charge in [0.1, 0.15) is 5.83 Å². The summed E-state index contributed by atoms with van der Waals surface area (Å²) in [5, 5.41) is 10.3. The molecule has 74 valence electrons. The fourth-order valence-corrected chi connectivity index (χ4v) is 0.632. The van der Waals surface area contributed by atoms with Gasteiger partial charge in [0.05, 0.1) is 6.20 Å². The molecule has 0 atom stereocenters. The van der Waals surface area contributed by atoms with Crippen molar-refractivity contribution < 1.29 is 4.39 Å². The van der Waals surface area contributed by atoms with Crippen LogP contribution in [-0.4, -0.2) is 12.7 Å². The Hall–Kier alpha value is -2.16. The van der Waals surface area contributed by atoms with E-state index in [-0.39, 0.29) is 5.96 Å². The molecule has 0 spiro atoms. The van der Waals surface area contributed by atoms with Gasteiger partial charge in [0.25, 0.3) is 0 Å². The van der Waals surface area contributed by atoms with Crippen LogP contribution in [0.15, 0.2) is 33.8 Å². The Labute approximate surface area is 81.2 Å². The second-order valence-electron chi connectivity index (χ2n) is 2.22. The van der Waals surface area contributed by atoms with Crippen molar-refractivity contribution in [2.75, 3.05) is 0 Å². The van der Waals surface area contributed by atoms with Crippen LogP contribution in [0.25, 0.3) is 0 Å². The fourth-order valence-electron chi connectivity index (χ4n) is 0.632. The van der Waals surface area contributed by atoms with Gasteiger partial charge in [-0.3, -0.25) is 10.3 Å². The molecule has 0 unspecified atom stereocenters. The first kappa shape index (κ1) is 11.8. The molecule has 0 bridgehead atoms. The summed E-state index contributed by atoms with van der Waals surface area (Å²) in [4.78, 5) is 6.89. The van der Waals surface area contributed by atoms with Crippen molar-refractivity contribution >= 4 is 12.7 Å². The highest BCUT2D eigenvalue weighted by atomic mass is 19.1. The van der Waals surface area contributed by atoms with Gasteiger partial charge in [-0.05, 0) is 19.7 Å². The van der Waals surface area contributed by atoms with E-state index in [0.717, 1.165) is 12.3 Å². The predicted molar refractivity (Wildman–Crippen MR) is 52.9 cm³/mol. The van der Waals surface area contributed by atoms with Crippen LogP contribution in [0.5, 0.6) is 0 Å². The van der Waals surface area contributed by atoms with E-state index >= 15 is 0 Å². The molecule has 0 saturated carbocycles. The third-order valence-corrected chi connectivity index (χ3v) is 1.04. The lowest BCUT2D eigenvalue weighted by Crippen LogP contribution is -2.27. The minimum Gasteiger partial charge on any atom is -0.369 e. The van der Waals surface area contributed by atoms with Crippen LogP contribution in [0, 0.1) is 11.5 Å². The summed E-state index contributed by atoms with van der Waals surface area (Å²) in [5.74, 6) is -0.688. The van der Waals surface area contributed by atoms with Crippen LogP contribution >= 0.6 is 0 Å². The van der Waals surface area contributed by atoms with Gasteiger partial charge in [0, 0.05) is 5.70 Å². The van der Waals surface area contributed by atoms with Crippen molar-refractivity contribution in [1.82, 2.24) is 5.32 Å². The van der Waals surface area contributed by atoms with Gasteiger partial charge in [-0.15, -0.1) is 0 Å². The van der Waals surface area contributed by atoms with Crippen LogP contribution in [-0.2, 0) is 0 Å². The van der Waals surface area contributed by atoms with Gasteiger partial charge >= 0.3 is 0 Å². The first-order chi connectivity index (χ1) is 6.60. The molecule has 5 nitrogen and oxygen atoms in total. The summed E-state index contributed by atoms with van der Waals surface area (Å²) in [6.45, 7) is 4.62. The smallest absolute Gasteiger partial charge is 0.206 e. The lowest BCUT2D eigenvalue weighted by atomic mass is 10.4. The first-order valence-electron chi connectivity index (χ1n) is 3.59. The minimum absolute atomic E-state index is 0.0967. The van der Waals surface area contributed by atoms with Gasteiger partial charge in [-0.25, -0.2) is 9.38 Å². The molecule has 0 radical (unpaired) electrons. The number of aliphatic imine (C=N–C) groups is 2. The Morgan fingerprint density at radius 2 is 2.36 bits per heavy atom. The summed E-state index contributed by atoms with van der Waals surface area (Å²) in [5.41, 5.74) is 5.54. The highest BCUT2D eigenvalue weighted by molar-refractivity contribution is 5.80. The lowest BCUT2D eigenvalue weighted by molar-refractivity contribution is 0.662. The van der Waals surface area contributed by atoms with Crippen LogP contribution in [0.2, 0.25) is 0 Å². The average molecular weight is 195 g/mol. The quantitative estimate of drug-likeness (QED) is 0.229. The van der Waals surface area contributed by atoms with Crippen molar-refractivity contribution in [2.45, 2.75) is 6.92 Å². The maximum absolute atomic E-state index is 12.7. The van der Waals surface area contributed by atoms with Gasteiger partial charge < -0.3 is 5.73 Å². The predicted octanol–water partition coefficient (Wildman–Crippen LogP) is 0.787. The summed E-state index contributed by atoms with van der Waals surface area (Å²) in [6, 6.07) is 0. The summed E-state index contributed by atoms with van der Waals surface area (Å²) >= 11 is 0. The Morgan fingerprint density at radius 3 is 2.86 bits per heavy atom. The molecular formula is C8H10FN5. The number of allylic oxidation sites excluding steroid dienone is 3. The zero-order valence-corrected chi connectivity index (χ0v) is 7.66. The molecule has 0 aliphatic carbocycles. The topological polar surface area (TPSA) is 86.6 Å². The van der Waals surface area contributed by atoms with Crippen molar-refractivity contribution in [2.24, 2.45) is 15.7 Å². The Morgan fingerprint density at radius 1 is 1.71 bits per heavy atom. The number of rotatable bonds is 3. The molecule has 0 aliphatic rings. The molecular weight excluding hydrogens is 185 g/mol. The van der Waals surface area contributed by atoms with Gasteiger partial charge in [-0.1, -0.05) is 0 Å². The zero-order valence-electron chi connectivity index (χ0n) is 7.66. The Kier molecular flexibility index (Phi) is 5.38. The molecule has 0 aliphatic heterocycles. The number of nitrogens with one attached hydrogen (secondary N) is 1. The number of hydrogen-bond acceptors (Lipinski definition) is 3. The van der Waals surface area contributed by atoms with E-state index < -0.39 is 5.83 Å². The van der Waals surface area contributed by atoms with Crippen molar-refractivity contribution in [3.8, 4) is 6.19 Å². The van der Waals surface area contributed by atoms with E-state index in [1.165, 1.54) is 6.92 Å². The number of halogens is 1. The standard InChI is InChI=1S/C8H10FN5/c1-6(3-7(9)4-12-2)14-8(11)13-5-10/h3-4H,2H2,1H3,(H3,11,13,14)/b6-3+,7-4+. The summed E-state index contributed by atoms with van der Waals surface area (Å²) < 4.78 is 12.7. The van der Waals surface area contributed by atoms with Crippen molar-refractivity contribution in [1.29, 1.82) is 5.26 Å². The van der Waals surface area contributed by atoms with E-state index in [1.807, 2.05) is 0 Å². The maximum atomic E-state index is 12.7. The van der Waals surface area contributed by atoms with Crippen molar-refractivity contribution in [3.63, 3.8) is 0 Å². The molecule has 0 aromatic heterocycles. The molecule has 0 saturated heterocycles. The normalized spacial score (nSPS) is 13.4. The van der Waals surface area contributed by atoms with Crippen molar-refractivity contribution in [3.05, 3.63) is 23.8 Å². The third-order valence-electron chi connectivity index (χ3n) is 1.04. The fraction of sp³-hybridized carbons (Fsp3) is 0.125. The van der Waals surface area contributed by atoms with E-state index in [4.69, 9.17) is 11.0 Å². The molecule has 0 aromatic carbocycles. The van der Waals surface area contributed by atoms with Crippen LogP contribution in [0.3, 0.4) is 0 Å². The molecule has 14 heavy (non-hydrogen) atoms. The highest BCUT2D eigenvalue weighted by Crippen LogP contribution is 2.04. The number of nitrogens with two attached hydrogens (primary N) is 1.